The van der Waals surface area contributed by atoms with Crippen molar-refractivity contribution in [2.75, 3.05) is 19.1 Å². The van der Waals surface area contributed by atoms with E-state index >= 15 is 0 Å². The van der Waals surface area contributed by atoms with Crippen LogP contribution in [0.3, 0.4) is 0 Å². The maximum Gasteiger partial charge on any atom is 0.231 e. The van der Waals surface area contributed by atoms with E-state index in [2.05, 4.69) is 4.72 Å². The summed E-state index contributed by atoms with van der Waals surface area (Å²) in [5, 5.41) is 0. The summed E-state index contributed by atoms with van der Waals surface area (Å²) in [7, 11) is -3.10. The molecule has 2 rings (SSSR count). The maximum absolute atomic E-state index is 11.6. The first kappa shape index (κ1) is 15.1. The highest BCUT2D eigenvalue weighted by molar-refractivity contribution is 7.89. The Morgan fingerprint density at radius 1 is 1.20 bits per heavy atom. The first-order chi connectivity index (χ1) is 9.61. The Bertz CT molecular complexity index is 542. The van der Waals surface area contributed by atoms with Crippen LogP contribution in [0.4, 0.5) is 0 Å². The van der Waals surface area contributed by atoms with E-state index in [4.69, 9.17) is 9.47 Å². The van der Waals surface area contributed by atoms with Crippen LogP contribution in [0.15, 0.2) is 18.2 Å². The quantitative estimate of drug-likeness (QED) is 0.746. The average Bonchev–Trinajstić information content (AvgIpc) is 2.89. The van der Waals surface area contributed by atoms with Crippen LogP contribution in [-0.2, 0) is 16.4 Å². The van der Waals surface area contributed by atoms with Gasteiger partial charge in [-0.15, -0.1) is 0 Å². The Balaban J connectivity index is 1.73. The lowest BCUT2D eigenvalue weighted by Gasteiger charge is -2.06. The normalized spacial score (nSPS) is 13.7. The largest absolute Gasteiger partial charge is 0.454 e. The number of ether oxygens (including phenoxy) is 2. The van der Waals surface area contributed by atoms with Crippen LogP contribution in [0.25, 0.3) is 0 Å². The Hall–Kier alpha value is -1.27. The van der Waals surface area contributed by atoms with Gasteiger partial charge in [-0.05, 0) is 37.0 Å². The number of nitrogens with one attached hydrogen (secondary N) is 1. The lowest BCUT2D eigenvalue weighted by molar-refractivity contribution is 0.174. The molecule has 0 fully saturated rings. The molecule has 1 aromatic rings. The summed E-state index contributed by atoms with van der Waals surface area (Å²) < 4.78 is 36.4. The molecular weight excluding hydrogens is 278 g/mol. The summed E-state index contributed by atoms with van der Waals surface area (Å²) in [5.74, 6) is 1.76. The van der Waals surface area contributed by atoms with Gasteiger partial charge in [0.05, 0.1) is 5.75 Å². The van der Waals surface area contributed by atoms with Crippen molar-refractivity contribution in [3.05, 3.63) is 23.8 Å². The van der Waals surface area contributed by atoms with Gasteiger partial charge < -0.3 is 9.47 Å². The van der Waals surface area contributed by atoms with Crippen LogP contribution < -0.4 is 14.2 Å². The summed E-state index contributed by atoms with van der Waals surface area (Å²) >= 11 is 0. The van der Waals surface area contributed by atoms with Gasteiger partial charge in [0.2, 0.25) is 16.8 Å². The molecule has 1 aliphatic heterocycles. The van der Waals surface area contributed by atoms with Crippen molar-refractivity contribution in [1.29, 1.82) is 0 Å². The van der Waals surface area contributed by atoms with E-state index in [9.17, 15) is 8.42 Å². The third-order valence-electron chi connectivity index (χ3n) is 3.17. The van der Waals surface area contributed by atoms with Gasteiger partial charge >= 0.3 is 0 Å². The number of benzene rings is 1. The minimum Gasteiger partial charge on any atom is -0.454 e. The fourth-order valence-corrected chi connectivity index (χ4v) is 3.29. The van der Waals surface area contributed by atoms with Crippen molar-refractivity contribution in [3.8, 4) is 11.5 Å². The molecule has 6 heteroatoms. The van der Waals surface area contributed by atoms with Gasteiger partial charge in [-0.1, -0.05) is 19.4 Å². The average molecular weight is 299 g/mol. The third-order valence-corrected chi connectivity index (χ3v) is 4.64. The Labute approximate surface area is 120 Å². The smallest absolute Gasteiger partial charge is 0.231 e. The zero-order valence-corrected chi connectivity index (χ0v) is 12.5. The molecule has 0 aromatic heterocycles. The predicted molar refractivity (Wildman–Crippen MR) is 77.6 cm³/mol. The van der Waals surface area contributed by atoms with E-state index in [1.165, 1.54) is 0 Å². The molecule has 1 heterocycles. The number of unbranched alkanes of at least 4 members (excludes halogenated alkanes) is 1. The monoisotopic (exact) mass is 299 g/mol. The molecule has 0 spiro atoms. The number of fused-ring (bicyclic) bond motifs is 1. The van der Waals surface area contributed by atoms with Crippen LogP contribution in [0, 0.1) is 0 Å². The standard InChI is InChI=1S/C14H21NO4S/c1-2-3-9-20(16,17)15-8-4-5-12-6-7-13-14(10-12)19-11-18-13/h6-7,10,15H,2-5,8-9,11H2,1H3. The molecule has 0 bridgehead atoms. The van der Waals surface area contributed by atoms with Gasteiger partial charge in [0.15, 0.2) is 11.5 Å². The molecule has 0 atom stereocenters. The van der Waals surface area contributed by atoms with Crippen LogP contribution in [0.1, 0.15) is 31.7 Å². The highest BCUT2D eigenvalue weighted by Gasteiger charge is 2.13. The van der Waals surface area contributed by atoms with Gasteiger partial charge in [-0.3, -0.25) is 0 Å². The van der Waals surface area contributed by atoms with Crippen molar-refractivity contribution < 1.29 is 17.9 Å². The second kappa shape index (κ2) is 6.95. The molecule has 20 heavy (non-hydrogen) atoms. The van der Waals surface area contributed by atoms with E-state index in [1.54, 1.807) is 0 Å². The van der Waals surface area contributed by atoms with E-state index < -0.39 is 10.0 Å². The SMILES string of the molecule is CCCCS(=O)(=O)NCCCc1ccc2c(c1)OCO2. The highest BCUT2D eigenvalue weighted by atomic mass is 32.2. The number of rotatable bonds is 8. The van der Waals surface area contributed by atoms with Gasteiger partial charge in [-0.2, -0.15) is 0 Å². The molecule has 1 aliphatic rings. The number of hydrogen-bond acceptors (Lipinski definition) is 4. The molecule has 112 valence electrons. The number of sulfonamides is 1. The molecule has 1 aromatic carbocycles. The highest BCUT2D eigenvalue weighted by Crippen LogP contribution is 2.32. The lowest BCUT2D eigenvalue weighted by atomic mass is 10.1. The van der Waals surface area contributed by atoms with E-state index in [-0.39, 0.29) is 12.5 Å². The minimum atomic E-state index is -3.10. The topological polar surface area (TPSA) is 64.6 Å². The second-order valence-corrected chi connectivity index (χ2v) is 6.78. The van der Waals surface area contributed by atoms with Crippen LogP contribution in [0.2, 0.25) is 0 Å². The minimum absolute atomic E-state index is 0.216. The fourth-order valence-electron chi connectivity index (χ4n) is 2.02. The van der Waals surface area contributed by atoms with E-state index in [0.29, 0.717) is 13.0 Å². The zero-order chi connectivity index (χ0) is 14.4. The van der Waals surface area contributed by atoms with Crippen LogP contribution >= 0.6 is 0 Å². The van der Waals surface area contributed by atoms with E-state index in [0.717, 1.165) is 36.3 Å². The summed E-state index contributed by atoms with van der Waals surface area (Å²) in [6.07, 6.45) is 3.17. The van der Waals surface area contributed by atoms with Gasteiger partial charge in [-0.25, -0.2) is 13.1 Å². The number of aryl methyl sites for hydroxylation is 1. The molecule has 0 amide bonds. The lowest BCUT2D eigenvalue weighted by Crippen LogP contribution is -2.27. The molecule has 5 nitrogen and oxygen atoms in total. The molecule has 0 radical (unpaired) electrons. The molecule has 1 N–H and O–H groups in total. The summed E-state index contributed by atoms with van der Waals surface area (Å²) in [6, 6.07) is 5.83. The molecule has 0 unspecified atom stereocenters. The fraction of sp³-hybridized carbons (Fsp3) is 0.571. The van der Waals surface area contributed by atoms with Gasteiger partial charge in [0, 0.05) is 6.54 Å². The van der Waals surface area contributed by atoms with Crippen LogP contribution in [0.5, 0.6) is 11.5 Å². The van der Waals surface area contributed by atoms with Crippen molar-refractivity contribution in [1.82, 2.24) is 4.72 Å². The van der Waals surface area contributed by atoms with Crippen molar-refractivity contribution in [3.63, 3.8) is 0 Å². The first-order valence-corrected chi connectivity index (χ1v) is 8.62. The molecule has 0 saturated heterocycles. The van der Waals surface area contributed by atoms with E-state index in [1.807, 2.05) is 25.1 Å². The van der Waals surface area contributed by atoms with Crippen molar-refractivity contribution >= 4 is 10.0 Å². The maximum atomic E-state index is 11.6. The summed E-state index contributed by atoms with van der Waals surface area (Å²) in [4.78, 5) is 0. The van der Waals surface area contributed by atoms with Crippen LogP contribution in [-0.4, -0.2) is 27.5 Å². The first-order valence-electron chi connectivity index (χ1n) is 6.96. The summed E-state index contributed by atoms with van der Waals surface area (Å²) in [5.41, 5.74) is 1.13. The number of hydrogen-bond donors (Lipinski definition) is 1. The molecular formula is C14H21NO4S. The third kappa shape index (κ3) is 4.38. The Morgan fingerprint density at radius 2 is 2.00 bits per heavy atom. The molecule has 0 aliphatic carbocycles. The predicted octanol–water partition coefficient (Wildman–Crippen LogP) is 2.07. The van der Waals surface area contributed by atoms with Gasteiger partial charge in [0.25, 0.3) is 0 Å². The van der Waals surface area contributed by atoms with Gasteiger partial charge in [0.1, 0.15) is 0 Å². The van der Waals surface area contributed by atoms with Crippen molar-refractivity contribution in [2.45, 2.75) is 32.6 Å². The Kier molecular flexibility index (Phi) is 5.25. The van der Waals surface area contributed by atoms with Crippen molar-refractivity contribution in [2.24, 2.45) is 0 Å². The molecule has 0 saturated carbocycles. The zero-order valence-electron chi connectivity index (χ0n) is 11.7. The second-order valence-electron chi connectivity index (χ2n) is 4.86. The summed E-state index contributed by atoms with van der Waals surface area (Å²) in [6.45, 7) is 2.73. The Morgan fingerprint density at radius 3 is 2.80 bits per heavy atom.